The Bertz CT molecular complexity index is 280. The summed E-state index contributed by atoms with van der Waals surface area (Å²) in [5.74, 6) is 0.438. The Morgan fingerprint density at radius 3 is 2.79 bits per heavy atom. The summed E-state index contributed by atoms with van der Waals surface area (Å²) in [7, 11) is 1.67. The number of hydrogen-bond acceptors (Lipinski definition) is 2. The lowest BCUT2D eigenvalue weighted by Crippen LogP contribution is -2.32. The number of rotatable bonds is 4. The minimum Gasteiger partial charge on any atom is -0.359 e. The van der Waals surface area contributed by atoms with Crippen LogP contribution in [0.3, 0.4) is 0 Å². The van der Waals surface area contributed by atoms with Gasteiger partial charge in [0.15, 0.2) is 0 Å². The molecule has 1 rings (SSSR count). The third-order valence-electron chi connectivity index (χ3n) is 2.38. The van der Waals surface area contributed by atoms with E-state index in [0.29, 0.717) is 5.92 Å². The first-order chi connectivity index (χ1) is 6.65. The lowest BCUT2D eigenvalue weighted by molar-refractivity contribution is -0.125. The van der Waals surface area contributed by atoms with Gasteiger partial charge in [0.25, 0.3) is 0 Å². The highest BCUT2D eigenvalue weighted by atomic mass is 16.1. The monoisotopic (exact) mass is 195 g/mol. The summed E-state index contributed by atoms with van der Waals surface area (Å²) < 4.78 is 0. The fourth-order valence-corrected chi connectivity index (χ4v) is 1.45. The maximum absolute atomic E-state index is 11.5. The smallest absolute Gasteiger partial charge is 0.223 e. The molecule has 0 radical (unpaired) electrons. The number of amides is 1. The van der Waals surface area contributed by atoms with Crippen LogP contribution >= 0.6 is 0 Å². The zero-order chi connectivity index (χ0) is 10.6. The van der Waals surface area contributed by atoms with Crippen LogP contribution in [0.4, 0.5) is 0 Å². The molecule has 0 aliphatic rings. The first kappa shape index (κ1) is 10.8. The molecule has 1 aromatic heterocycles. The van der Waals surface area contributed by atoms with Gasteiger partial charge in [-0.3, -0.25) is 4.79 Å². The average molecular weight is 195 g/mol. The molecule has 1 amide bonds. The van der Waals surface area contributed by atoms with Crippen molar-refractivity contribution in [2.75, 3.05) is 7.05 Å². The van der Waals surface area contributed by atoms with Crippen LogP contribution in [0.5, 0.6) is 0 Å². The number of nitrogens with zero attached hydrogens (tertiary/aromatic N) is 1. The van der Waals surface area contributed by atoms with Crippen LogP contribution in [0, 0.1) is 11.8 Å². The number of aromatic amines is 1. The molecule has 78 valence electrons. The molecule has 1 atom stereocenters. The first-order valence-electron chi connectivity index (χ1n) is 4.84. The van der Waals surface area contributed by atoms with Gasteiger partial charge >= 0.3 is 0 Å². The van der Waals surface area contributed by atoms with Gasteiger partial charge in [-0.15, -0.1) is 0 Å². The van der Waals surface area contributed by atoms with Gasteiger partial charge in [-0.1, -0.05) is 13.8 Å². The molecular weight excluding hydrogens is 178 g/mol. The number of imidazole rings is 1. The summed E-state index contributed by atoms with van der Waals surface area (Å²) in [5, 5.41) is 2.69. The maximum atomic E-state index is 11.5. The van der Waals surface area contributed by atoms with Crippen molar-refractivity contribution < 1.29 is 4.79 Å². The SMILES string of the molecule is CNC(=O)C(Cc1cnc[nH]1)C(C)C. The highest BCUT2D eigenvalue weighted by Crippen LogP contribution is 2.15. The third kappa shape index (κ3) is 2.58. The second kappa shape index (κ2) is 4.79. The van der Waals surface area contributed by atoms with Crippen molar-refractivity contribution in [3.8, 4) is 0 Å². The summed E-state index contributed by atoms with van der Waals surface area (Å²) in [6, 6.07) is 0. The zero-order valence-corrected chi connectivity index (χ0v) is 8.87. The Balaban J connectivity index is 2.65. The van der Waals surface area contributed by atoms with Crippen LogP contribution in [0.15, 0.2) is 12.5 Å². The Morgan fingerprint density at radius 1 is 1.64 bits per heavy atom. The summed E-state index contributed by atoms with van der Waals surface area (Å²) in [6.07, 6.45) is 4.12. The van der Waals surface area contributed by atoms with Gasteiger partial charge in [0.05, 0.1) is 6.33 Å². The standard InChI is InChI=1S/C10H17N3O/c1-7(2)9(10(14)11-3)4-8-5-12-6-13-8/h5-7,9H,4H2,1-3H3,(H,11,14)(H,12,13). The molecule has 0 bridgehead atoms. The van der Waals surface area contributed by atoms with Gasteiger partial charge in [-0.05, 0) is 5.92 Å². The number of hydrogen-bond donors (Lipinski definition) is 2. The van der Waals surface area contributed by atoms with E-state index in [4.69, 9.17) is 0 Å². The first-order valence-corrected chi connectivity index (χ1v) is 4.84. The highest BCUT2D eigenvalue weighted by Gasteiger charge is 2.21. The van der Waals surface area contributed by atoms with E-state index in [1.54, 1.807) is 19.6 Å². The van der Waals surface area contributed by atoms with Crippen molar-refractivity contribution in [1.29, 1.82) is 0 Å². The molecule has 1 unspecified atom stereocenters. The number of nitrogens with one attached hydrogen (secondary N) is 2. The van der Waals surface area contributed by atoms with Gasteiger partial charge in [0, 0.05) is 31.3 Å². The molecule has 4 heteroatoms. The van der Waals surface area contributed by atoms with Gasteiger partial charge in [0.2, 0.25) is 5.91 Å². The third-order valence-corrected chi connectivity index (χ3v) is 2.38. The van der Waals surface area contributed by atoms with E-state index >= 15 is 0 Å². The lowest BCUT2D eigenvalue weighted by Gasteiger charge is -2.17. The van der Waals surface area contributed by atoms with Gasteiger partial charge in [-0.2, -0.15) is 0 Å². The molecule has 0 aliphatic carbocycles. The van der Waals surface area contributed by atoms with Gasteiger partial charge in [-0.25, -0.2) is 4.98 Å². The lowest BCUT2D eigenvalue weighted by atomic mass is 9.90. The van der Waals surface area contributed by atoms with E-state index in [1.807, 2.05) is 0 Å². The molecule has 0 fully saturated rings. The van der Waals surface area contributed by atoms with Gasteiger partial charge in [0.1, 0.15) is 0 Å². The fourth-order valence-electron chi connectivity index (χ4n) is 1.45. The van der Waals surface area contributed by atoms with Crippen molar-refractivity contribution in [1.82, 2.24) is 15.3 Å². The molecule has 0 saturated heterocycles. The summed E-state index contributed by atoms with van der Waals surface area (Å²) in [6.45, 7) is 4.10. The quantitative estimate of drug-likeness (QED) is 0.752. The number of H-pyrrole nitrogens is 1. The van der Waals surface area contributed by atoms with Crippen molar-refractivity contribution in [2.24, 2.45) is 11.8 Å². The van der Waals surface area contributed by atoms with Crippen LogP contribution in [0.25, 0.3) is 0 Å². The van der Waals surface area contributed by atoms with Crippen LogP contribution in [0.1, 0.15) is 19.5 Å². The van der Waals surface area contributed by atoms with E-state index < -0.39 is 0 Å². The summed E-state index contributed by atoms with van der Waals surface area (Å²) in [5.41, 5.74) is 1.01. The molecular formula is C10H17N3O. The normalized spacial score (nSPS) is 12.9. The summed E-state index contributed by atoms with van der Waals surface area (Å²) >= 11 is 0. The van der Waals surface area contributed by atoms with E-state index in [9.17, 15) is 4.79 Å². The van der Waals surface area contributed by atoms with Crippen molar-refractivity contribution >= 4 is 5.91 Å². The minimum atomic E-state index is 0.0143. The molecule has 0 aromatic carbocycles. The topological polar surface area (TPSA) is 57.8 Å². The largest absolute Gasteiger partial charge is 0.359 e. The molecule has 0 spiro atoms. The number of carbonyl (C=O) groups excluding carboxylic acids is 1. The number of carbonyl (C=O) groups is 1. The molecule has 14 heavy (non-hydrogen) atoms. The average Bonchev–Trinajstić information content (AvgIpc) is 2.65. The zero-order valence-electron chi connectivity index (χ0n) is 8.87. The fraction of sp³-hybridized carbons (Fsp3) is 0.600. The predicted octanol–water partition coefficient (Wildman–Crippen LogP) is 0.970. The molecule has 2 N–H and O–H groups in total. The molecule has 1 aromatic rings. The molecule has 4 nitrogen and oxygen atoms in total. The van der Waals surface area contributed by atoms with Crippen LogP contribution in [-0.2, 0) is 11.2 Å². The van der Waals surface area contributed by atoms with Crippen LogP contribution < -0.4 is 5.32 Å². The van der Waals surface area contributed by atoms with Crippen LogP contribution in [-0.4, -0.2) is 22.9 Å². The van der Waals surface area contributed by atoms with Crippen molar-refractivity contribution in [3.05, 3.63) is 18.2 Å². The molecule has 0 aliphatic heterocycles. The van der Waals surface area contributed by atoms with Crippen molar-refractivity contribution in [2.45, 2.75) is 20.3 Å². The minimum absolute atomic E-state index is 0.0143. The second-order valence-corrected chi connectivity index (χ2v) is 3.75. The highest BCUT2D eigenvalue weighted by molar-refractivity contribution is 5.78. The Hall–Kier alpha value is -1.32. The predicted molar refractivity (Wildman–Crippen MR) is 54.7 cm³/mol. The number of aromatic nitrogens is 2. The second-order valence-electron chi connectivity index (χ2n) is 3.75. The Labute approximate surface area is 84.1 Å². The summed E-state index contributed by atoms with van der Waals surface area (Å²) in [4.78, 5) is 18.5. The maximum Gasteiger partial charge on any atom is 0.223 e. The Kier molecular flexibility index (Phi) is 3.68. The molecule has 0 saturated carbocycles. The Morgan fingerprint density at radius 2 is 2.36 bits per heavy atom. The van der Waals surface area contributed by atoms with E-state index in [1.165, 1.54) is 0 Å². The van der Waals surface area contributed by atoms with E-state index in [-0.39, 0.29) is 11.8 Å². The molecule has 1 heterocycles. The van der Waals surface area contributed by atoms with E-state index in [2.05, 4.69) is 29.1 Å². The van der Waals surface area contributed by atoms with Crippen molar-refractivity contribution in [3.63, 3.8) is 0 Å². The van der Waals surface area contributed by atoms with Crippen LogP contribution in [0.2, 0.25) is 0 Å². The van der Waals surface area contributed by atoms with E-state index in [0.717, 1.165) is 12.1 Å². The van der Waals surface area contributed by atoms with Gasteiger partial charge < -0.3 is 10.3 Å².